The highest BCUT2D eigenvalue weighted by atomic mass is 35.5. The van der Waals surface area contributed by atoms with Crippen LogP contribution in [0.5, 0.6) is 5.75 Å². The summed E-state index contributed by atoms with van der Waals surface area (Å²) < 4.78 is 5.47. The number of hydrogen-bond donors (Lipinski definition) is 5. The fourth-order valence-electron chi connectivity index (χ4n) is 3.55. The van der Waals surface area contributed by atoms with Crippen LogP contribution in [0.4, 0.5) is 17.3 Å². The van der Waals surface area contributed by atoms with E-state index in [1.165, 1.54) is 0 Å². The van der Waals surface area contributed by atoms with Crippen molar-refractivity contribution in [3.05, 3.63) is 76.3 Å². The summed E-state index contributed by atoms with van der Waals surface area (Å²) >= 11 is 6.17. The number of anilines is 3. The number of nitrogens with zero attached hydrogens (tertiary/aromatic N) is 1. The number of benzene rings is 3. The lowest BCUT2D eigenvalue weighted by atomic mass is 10.1. The molecule has 0 unspecified atom stereocenters. The average molecular weight is 480 g/mol. The number of carbonyl (C=O) groups is 2. The molecule has 1 heterocycles. The summed E-state index contributed by atoms with van der Waals surface area (Å²) in [5, 5.41) is 15.5. The molecule has 0 saturated carbocycles. The van der Waals surface area contributed by atoms with Gasteiger partial charge in [0, 0.05) is 28.5 Å². The Kier molecular flexibility index (Phi) is 6.55. The maximum absolute atomic E-state index is 13.1. The summed E-state index contributed by atoms with van der Waals surface area (Å²) in [6, 6.07) is 15.7. The molecule has 9 nitrogen and oxygen atoms in total. The van der Waals surface area contributed by atoms with Crippen LogP contribution in [0.1, 0.15) is 21.5 Å². The van der Waals surface area contributed by atoms with E-state index in [-0.39, 0.29) is 5.91 Å². The molecule has 0 radical (unpaired) electrons. The molecule has 1 aromatic heterocycles. The largest absolute Gasteiger partial charge is 0.481 e. The van der Waals surface area contributed by atoms with Crippen molar-refractivity contribution in [2.75, 3.05) is 23.0 Å². The van der Waals surface area contributed by atoms with Gasteiger partial charge < -0.3 is 31.2 Å². The number of carboxylic acids is 1. The van der Waals surface area contributed by atoms with Crippen LogP contribution in [0.25, 0.3) is 11.0 Å². The summed E-state index contributed by atoms with van der Waals surface area (Å²) in [5.74, 6) is -0.634. The molecule has 0 spiro atoms. The maximum atomic E-state index is 13.1. The van der Waals surface area contributed by atoms with Crippen molar-refractivity contribution in [1.82, 2.24) is 9.97 Å². The van der Waals surface area contributed by atoms with Crippen molar-refractivity contribution < 1.29 is 19.4 Å². The Bertz CT molecular complexity index is 1390. The minimum atomic E-state index is -1.06. The third-order valence-electron chi connectivity index (χ3n) is 5.09. The predicted octanol–water partition coefficient (Wildman–Crippen LogP) is 4.43. The van der Waals surface area contributed by atoms with Crippen LogP contribution in [0.2, 0.25) is 5.02 Å². The topological polar surface area (TPSA) is 142 Å². The van der Waals surface area contributed by atoms with Gasteiger partial charge in [0.25, 0.3) is 5.91 Å². The molecule has 0 fully saturated rings. The van der Waals surface area contributed by atoms with E-state index in [1.54, 1.807) is 36.4 Å². The highest BCUT2D eigenvalue weighted by Crippen LogP contribution is 2.27. The van der Waals surface area contributed by atoms with Gasteiger partial charge in [-0.15, -0.1) is 0 Å². The Morgan fingerprint density at radius 2 is 2.00 bits per heavy atom. The first-order chi connectivity index (χ1) is 16.3. The summed E-state index contributed by atoms with van der Waals surface area (Å²) in [4.78, 5) is 31.1. The van der Waals surface area contributed by atoms with Gasteiger partial charge in [0.1, 0.15) is 5.75 Å². The zero-order valence-electron chi connectivity index (χ0n) is 18.2. The Morgan fingerprint density at radius 1 is 1.18 bits per heavy atom. The number of aromatic amines is 1. The number of para-hydroxylation sites is 1. The zero-order chi connectivity index (χ0) is 24.2. The second kappa shape index (κ2) is 9.72. The van der Waals surface area contributed by atoms with Crippen LogP contribution in [-0.4, -0.2) is 33.6 Å². The van der Waals surface area contributed by atoms with Crippen LogP contribution < -0.4 is 21.1 Å². The van der Waals surface area contributed by atoms with E-state index in [2.05, 4.69) is 20.6 Å². The number of amides is 1. The molecule has 0 aliphatic rings. The molecule has 0 aliphatic heterocycles. The number of rotatable bonds is 8. The van der Waals surface area contributed by atoms with Crippen molar-refractivity contribution in [1.29, 1.82) is 0 Å². The highest BCUT2D eigenvalue weighted by Gasteiger charge is 2.15. The highest BCUT2D eigenvalue weighted by molar-refractivity contribution is 6.31. The predicted molar refractivity (Wildman–Crippen MR) is 132 cm³/mol. The Morgan fingerprint density at radius 3 is 2.79 bits per heavy atom. The van der Waals surface area contributed by atoms with E-state index in [9.17, 15) is 9.59 Å². The van der Waals surface area contributed by atoms with E-state index in [1.807, 2.05) is 25.1 Å². The molecule has 4 rings (SSSR count). The van der Waals surface area contributed by atoms with E-state index in [4.69, 9.17) is 27.2 Å². The molecular weight excluding hydrogens is 458 g/mol. The van der Waals surface area contributed by atoms with Gasteiger partial charge in [-0.25, -0.2) is 9.78 Å². The number of carbonyl (C=O) groups excluding carboxylic acids is 1. The van der Waals surface area contributed by atoms with Gasteiger partial charge in [-0.05, 0) is 48.9 Å². The third-order valence-corrected chi connectivity index (χ3v) is 5.32. The number of nitrogen functional groups attached to an aromatic ring is 1. The Labute approximate surface area is 199 Å². The second-order valence-electron chi connectivity index (χ2n) is 7.60. The first kappa shape index (κ1) is 22.9. The van der Waals surface area contributed by atoms with Gasteiger partial charge in [-0.3, -0.25) is 4.79 Å². The van der Waals surface area contributed by atoms with Gasteiger partial charge in [0.15, 0.2) is 12.6 Å². The number of nitrogens with two attached hydrogens (primary N) is 1. The van der Waals surface area contributed by atoms with Crippen LogP contribution in [0.15, 0.2) is 54.6 Å². The monoisotopic (exact) mass is 479 g/mol. The smallest absolute Gasteiger partial charge is 0.341 e. The minimum Gasteiger partial charge on any atom is -0.481 e. The normalized spacial score (nSPS) is 10.8. The van der Waals surface area contributed by atoms with Crippen LogP contribution in [0, 0.1) is 6.92 Å². The molecule has 3 aromatic carbocycles. The number of hydrogen-bond acceptors (Lipinski definition) is 6. The summed E-state index contributed by atoms with van der Waals surface area (Å²) in [6.07, 6.45) is 0. The first-order valence-electron chi connectivity index (χ1n) is 10.3. The molecule has 0 atom stereocenters. The van der Waals surface area contributed by atoms with E-state index >= 15 is 0 Å². The average Bonchev–Trinajstić information content (AvgIpc) is 3.16. The number of H-pyrrole nitrogens is 1. The SMILES string of the molecule is Cc1cccc(CNc2ccc(Cl)cc2C(=O)Nc2ccc3nc(N)[nH]c3c2)c1OCC(=O)O. The van der Waals surface area contributed by atoms with Gasteiger partial charge in [-0.1, -0.05) is 29.8 Å². The minimum absolute atomic E-state index is 0.294. The van der Waals surface area contributed by atoms with Crippen LogP contribution in [-0.2, 0) is 11.3 Å². The first-order valence-corrected chi connectivity index (χ1v) is 10.7. The maximum Gasteiger partial charge on any atom is 0.341 e. The van der Waals surface area contributed by atoms with Crippen LogP contribution in [0.3, 0.4) is 0 Å². The summed E-state index contributed by atoms with van der Waals surface area (Å²) in [7, 11) is 0. The third kappa shape index (κ3) is 5.21. The van der Waals surface area contributed by atoms with E-state index < -0.39 is 12.6 Å². The fourth-order valence-corrected chi connectivity index (χ4v) is 3.72. The molecule has 0 aliphatic carbocycles. The van der Waals surface area contributed by atoms with Gasteiger partial charge in [0.2, 0.25) is 0 Å². The molecule has 34 heavy (non-hydrogen) atoms. The van der Waals surface area contributed by atoms with Crippen molar-refractivity contribution >= 4 is 51.8 Å². The Hall–Kier alpha value is -4.24. The second-order valence-corrected chi connectivity index (χ2v) is 8.03. The lowest BCUT2D eigenvalue weighted by Gasteiger charge is -2.16. The standard InChI is InChI=1S/C24H22ClN5O4/c1-13-3-2-4-14(22(13)34-12-21(31)32)11-27-18-7-5-15(25)9-17(18)23(33)28-16-6-8-19-20(10-16)30-24(26)29-19/h2-10,27H,11-12H2,1H3,(H,28,33)(H,31,32)(H3,26,29,30). The lowest BCUT2D eigenvalue weighted by molar-refractivity contribution is -0.139. The fraction of sp³-hybridized carbons (Fsp3) is 0.125. The molecule has 0 saturated heterocycles. The number of carboxylic acid groups (broad SMARTS) is 1. The number of nitrogens with one attached hydrogen (secondary N) is 3. The van der Waals surface area contributed by atoms with Crippen molar-refractivity contribution in [3.8, 4) is 5.75 Å². The molecule has 10 heteroatoms. The van der Waals surface area contributed by atoms with Crippen LogP contribution >= 0.6 is 11.6 Å². The number of ether oxygens (including phenoxy) is 1. The number of aliphatic carboxylic acids is 1. The molecule has 0 bridgehead atoms. The number of halogens is 1. The number of fused-ring (bicyclic) bond motifs is 1. The van der Waals surface area contributed by atoms with Crippen molar-refractivity contribution in [2.24, 2.45) is 0 Å². The van der Waals surface area contributed by atoms with E-state index in [0.717, 1.165) is 11.1 Å². The molecule has 6 N–H and O–H groups in total. The quantitative estimate of drug-likeness (QED) is 0.251. The summed E-state index contributed by atoms with van der Waals surface area (Å²) in [5.41, 5.74) is 10.1. The molecular formula is C24H22ClN5O4. The van der Waals surface area contributed by atoms with Crippen molar-refractivity contribution in [3.63, 3.8) is 0 Å². The zero-order valence-corrected chi connectivity index (χ0v) is 18.9. The number of imidazole rings is 1. The lowest BCUT2D eigenvalue weighted by Crippen LogP contribution is -2.16. The van der Waals surface area contributed by atoms with E-state index in [0.29, 0.717) is 51.2 Å². The number of aromatic nitrogens is 2. The van der Waals surface area contributed by atoms with Gasteiger partial charge >= 0.3 is 5.97 Å². The summed E-state index contributed by atoms with van der Waals surface area (Å²) in [6.45, 7) is 1.70. The van der Waals surface area contributed by atoms with Gasteiger partial charge in [0.05, 0.1) is 16.6 Å². The van der Waals surface area contributed by atoms with Gasteiger partial charge in [-0.2, -0.15) is 0 Å². The molecule has 174 valence electrons. The van der Waals surface area contributed by atoms with Crippen molar-refractivity contribution in [2.45, 2.75) is 13.5 Å². The number of aryl methyl sites for hydroxylation is 1. The Balaban J connectivity index is 1.55. The molecule has 4 aromatic rings. The molecule has 1 amide bonds.